The van der Waals surface area contributed by atoms with Crippen LogP contribution in [0.3, 0.4) is 0 Å². The van der Waals surface area contributed by atoms with Crippen LogP contribution in [-0.4, -0.2) is 0 Å². The van der Waals surface area contributed by atoms with E-state index < -0.39 is 0 Å². The molecule has 0 aromatic carbocycles. The zero-order chi connectivity index (χ0) is 6.85. The lowest BCUT2D eigenvalue weighted by atomic mass is 9.95. The second-order valence-electron chi connectivity index (χ2n) is 3.24. The number of allylic oxidation sites excluding steroid dienone is 2. The van der Waals surface area contributed by atoms with Gasteiger partial charge in [-0.2, -0.15) is 0 Å². The van der Waals surface area contributed by atoms with E-state index in [1.807, 2.05) is 0 Å². The van der Waals surface area contributed by atoms with Crippen molar-refractivity contribution in [3.63, 3.8) is 0 Å². The van der Waals surface area contributed by atoms with Gasteiger partial charge >= 0.3 is 0 Å². The SMILES string of the molecule is CCC1CC(C)=C[C@@H]1C. The van der Waals surface area contributed by atoms with Crippen molar-refractivity contribution in [2.24, 2.45) is 11.8 Å². The van der Waals surface area contributed by atoms with Crippen LogP contribution in [0, 0.1) is 11.8 Å². The molecule has 0 aromatic rings. The van der Waals surface area contributed by atoms with E-state index in [-0.39, 0.29) is 0 Å². The van der Waals surface area contributed by atoms with Gasteiger partial charge in [-0.15, -0.1) is 0 Å². The lowest BCUT2D eigenvalue weighted by Gasteiger charge is -2.10. The smallest absolute Gasteiger partial charge is 0.0228 e. The van der Waals surface area contributed by atoms with E-state index in [0.717, 1.165) is 11.8 Å². The van der Waals surface area contributed by atoms with E-state index in [0.29, 0.717) is 0 Å². The number of hydrogen-bond acceptors (Lipinski definition) is 0. The second-order valence-corrected chi connectivity index (χ2v) is 3.24. The minimum absolute atomic E-state index is 0.843. The lowest BCUT2D eigenvalue weighted by Crippen LogP contribution is -2.01. The molecule has 0 saturated heterocycles. The monoisotopic (exact) mass is 124 g/mol. The van der Waals surface area contributed by atoms with Gasteiger partial charge in [0.1, 0.15) is 0 Å². The molecule has 1 aliphatic rings. The van der Waals surface area contributed by atoms with E-state index in [4.69, 9.17) is 0 Å². The molecule has 1 rings (SSSR count). The molecular weight excluding hydrogens is 108 g/mol. The molecule has 0 aliphatic heterocycles. The first kappa shape index (κ1) is 6.85. The highest BCUT2D eigenvalue weighted by Gasteiger charge is 2.19. The molecule has 0 heteroatoms. The van der Waals surface area contributed by atoms with Crippen LogP contribution < -0.4 is 0 Å². The van der Waals surface area contributed by atoms with Crippen LogP contribution in [0.15, 0.2) is 11.6 Å². The summed E-state index contributed by atoms with van der Waals surface area (Å²) in [5.74, 6) is 1.79. The van der Waals surface area contributed by atoms with Crippen LogP contribution in [0.4, 0.5) is 0 Å². The van der Waals surface area contributed by atoms with E-state index in [2.05, 4.69) is 26.8 Å². The van der Waals surface area contributed by atoms with Crippen LogP contribution in [0.1, 0.15) is 33.6 Å². The van der Waals surface area contributed by atoms with Gasteiger partial charge in [0.2, 0.25) is 0 Å². The van der Waals surface area contributed by atoms with Crippen molar-refractivity contribution in [3.05, 3.63) is 11.6 Å². The Morgan fingerprint density at radius 2 is 2.33 bits per heavy atom. The molecule has 0 heterocycles. The molecule has 52 valence electrons. The molecule has 0 aromatic heterocycles. The predicted molar refractivity (Wildman–Crippen MR) is 41.3 cm³/mol. The average Bonchev–Trinajstić information content (AvgIpc) is 2.10. The Morgan fingerprint density at radius 3 is 2.56 bits per heavy atom. The number of hydrogen-bond donors (Lipinski definition) is 0. The molecule has 0 amide bonds. The fourth-order valence-corrected chi connectivity index (χ4v) is 1.77. The average molecular weight is 124 g/mol. The topological polar surface area (TPSA) is 0 Å². The molecule has 0 fully saturated rings. The van der Waals surface area contributed by atoms with Crippen LogP contribution in [0.5, 0.6) is 0 Å². The second kappa shape index (κ2) is 2.55. The predicted octanol–water partition coefficient (Wildman–Crippen LogP) is 3.00. The largest absolute Gasteiger partial charge is 0.0825 e. The first-order chi connectivity index (χ1) is 4.24. The first-order valence-corrected chi connectivity index (χ1v) is 3.91. The van der Waals surface area contributed by atoms with Gasteiger partial charge in [0.25, 0.3) is 0 Å². The van der Waals surface area contributed by atoms with Gasteiger partial charge in [-0.25, -0.2) is 0 Å². The molecule has 2 atom stereocenters. The van der Waals surface area contributed by atoms with Crippen molar-refractivity contribution >= 4 is 0 Å². The lowest BCUT2D eigenvalue weighted by molar-refractivity contribution is 0.435. The third kappa shape index (κ3) is 1.35. The summed E-state index contributed by atoms with van der Waals surface area (Å²) >= 11 is 0. The molecule has 9 heavy (non-hydrogen) atoms. The Kier molecular flexibility index (Phi) is 1.94. The molecule has 0 bridgehead atoms. The maximum absolute atomic E-state index is 2.41. The van der Waals surface area contributed by atoms with Gasteiger partial charge in [-0.3, -0.25) is 0 Å². The molecule has 0 nitrogen and oxygen atoms in total. The van der Waals surface area contributed by atoms with E-state index in [1.165, 1.54) is 12.8 Å². The summed E-state index contributed by atoms with van der Waals surface area (Å²) in [4.78, 5) is 0. The molecule has 0 radical (unpaired) electrons. The quantitative estimate of drug-likeness (QED) is 0.471. The maximum atomic E-state index is 2.41. The minimum Gasteiger partial charge on any atom is -0.0825 e. The normalized spacial score (nSPS) is 34.8. The zero-order valence-electron chi connectivity index (χ0n) is 6.65. The highest BCUT2D eigenvalue weighted by molar-refractivity contribution is 5.09. The Hall–Kier alpha value is -0.260. The van der Waals surface area contributed by atoms with Crippen LogP contribution in [-0.2, 0) is 0 Å². The highest BCUT2D eigenvalue weighted by Crippen LogP contribution is 2.31. The Balaban J connectivity index is 2.49. The van der Waals surface area contributed by atoms with Crippen molar-refractivity contribution in [2.75, 3.05) is 0 Å². The van der Waals surface area contributed by atoms with Gasteiger partial charge in [-0.05, 0) is 25.2 Å². The highest BCUT2D eigenvalue weighted by atomic mass is 14.2. The minimum atomic E-state index is 0.843. The number of rotatable bonds is 1. The summed E-state index contributed by atoms with van der Waals surface area (Å²) in [6.45, 7) is 6.85. The molecule has 0 spiro atoms. The third-order valence-electron chi connectivity index (χ3n) is 2.40. The molecule has 1 unspecified atom stereocenters. The third-order valence-corrected chi connectivity index (χ3v) is 2.40. The van der Waals surface area contributed by atoms with E-state index >= 15 is 0 Å². The summed E-state index contributed by atoms with van der Waals surface area (Å²) < 4.78 is 0. The van der Waals surface area contributed by atoms with Gasteiger partial charge in [0.05, 0.1) is 0 Å². The van der Waals surface area contributed by atoms with Crippen LogP contribution in [0.25, 0.3) is 0 Å². The van der Waals surface area contributed by atoms with Crippen molar-refractivity contribution in [3.8, 4) is 0 Å². The Bertz CT molecular complexity index is 122. The molecular formula is C9H16. The summed E-state index contributed by atoms with van der Waals surface area (Å²) in [7, 11) is 0. The van der Waals surface area contributed by atoms with Crippen molar-refractivity contribution in [2.45, 2.75) is 33.6 Å². The summed E-state index contributed by atoms with van der Waals surface area (Å²) in [6, 6.07) is 0. The van der Waals surface area contributed by atoms with Crippen molar-refractivity contribution in [1.29, 1.82) is 0 Å². The Labute approximate surface area is 58.0 Å². The Morgan fingerprint density at radius 1 is 1.67 bits per heavy atom. The zero-order valence-corrected chi connectivity index (χ0v) is 6.65. The van der Waals surface area contributed by atoms with E-state index in [9.17, 15) is 0 Å². The van der Waals surface area contributed by atoms with Crippen molar-refractivity contribution < 1.29 is 0 Å². The summed E-state index contributed by atoms with van der Waals surface area (Å²) in [6.07, 6.45) is 5.10. The molecule has 1 aliphatic carbocycles. The van der Waals surface area contributed by atoms with Crippen molar-refractivity contribution in [1.82, 2.24) is 0 Å². The fourth-order valence-electron chi connectivity index (χ4n) is 1.77. The standard InChI is InChI=1S/C9H16/c1-4-9-6-7(2)5-8(9)3/h5,8-9H,4,6H2,1-3H3/t8-,9?/m0/s1. The van der Waals surface area contributed by atoms with E-state index in [1.54, 1.807) is 5.57 Å². The van der Waals surface area contributed by atoms with Crippen LogP contribution >= 0.6 is 0 Å². The van der Waals surface area contributed by atoms with Crippen LogP contribution in [0.2, 0.25) is 0 Å². The van der Waals surface area contributed by atoms with Gasteiger partial charge in [0, 0.05) is 0 Å². The molecule has 0 N–H and O–H groups in total. The van der Waals surface area contributed by atoms with Gasteiger partial charge in [-0.1, -0.05) is 31.9 Å². The van der Waals surface area contributed by atoms with Gasteiger partial charge < -0.3 is 0 Å². The summed E-state index contributed by atoms with van der Waals surface area (Å²) in [5, 5.41) is 0. The van der Waals surface area contributed by atoms with Gasteiger partial charge in [0.15, 0.2) is 0 Å². The first-order valence-electron chi connectivity index (χ1n) is 3.91. The fraction of sp³-hybridized carbons (Fsp3) is 0.778. The summed E-state index contributed by atoms with van der Waals surface area (Å²) in [5.41, 5.74) is 1.59. The molecule has 0 saturated carbocycles. The maximum Gasteiger partial charge on any atom is -0.0228 e.